The number of likely N-dealkylation sites (tertiary alicyclic amines) is 1. The number of aromatic nitrogens is 2. The number of carbonyl (C=O) groups is 3. The van der Waals surface area contributed by atoms with E-state index in [0.717, 1.165) is 48.8 Å². The van der Waals surface area contributed by atoms with Crippen LogP contribution in [0.25, 0.3) is 0 Å². The number of nitrogens with zero attached hydrogens (tertiary/aromatic N) is 3. The second-order valence-electron chi connectivity index (χ2n) is 14.0. The highest BCUT2D eigenvalue weighted by Gasteiger charge is 2.35. The zero-order chi connectivity index (χ0) is 38.6. The lowest BCUT2D eigenvalue weighted by atomic mass is 9.86. The molecule has 2 fully saturated rings. The summed E-state index contributed by atoms with van der Waals surface area (Å²) < 4.78 is 48.6. The van der Waals surface area contributed by atoms with Crippen molar-refractivity contribution >= 4 is 40.6 Å². The summed E-state index contributed by atoms with van der Waals surface area (Å²) in [5.41, 5.74) is 3.64. The fourth-order valence-corrected chi connectivity index (χ4v) is 7.07. The second kappa shape index (κ2) is 16.3. The van der Waals surface area contributed by atoms with Crippen LogP contribution >= 0.6 is 0 Å². The Kier molecular flexibility index (Phi) is 11.5. The smallest absolute Gasteiger partial charge is 0.419 e. The van der Waals surface area contributed by atoms with E-state index in [1.165, 1.54) is 19.2 Å². The number of anilines is 4. The minimum Gasteiger partial charge on any atom is -0.489 e. The molecule has 2 aliphatic heterocycles. The van der Waals surface area contributed by atoms with Crippen molar-refractivity contribution in [3.05, 3.63) is 101 Å². The van der Waals surface area contributed by atoms with E-state index in [-0.39, 0.29) is 46.6 Å². The Hall–Kier alpha value is -5.50. The zero-order valence-electron chi connectivity index (χ0n) is 30.6. The molecule has 2 aliphatic rings. The van der Waals surface area contributed by atoms with Gasteiger partial charge in [0.25, 0.3) is 5.91 Å². The summed E-state index contributed by atoms with van der Waals surface area (Å²) in [6, 6.07) is 15.5. The number of hydrogen-bond acceptors (Lipinski definition) is 9. The van der Waals surface area contributed by atoms with Crippen LogP contribution in [0.4, 0.5) is 36.1 Å². The van der Waals surface area contributed by atoms with Crippen LogP contribution < -0.4 is 26.0 Å². The van der Waals surface area contributed by atoms with Gasteiger partial charge in [0.2, 0.25) is 11.8 Å². The second-order valence-corrected chi connectivity index (χ2v) is 14.0. The summed E-state index contributed by atoms with van der Waals surface area (Å²) in [4.78, 5) is 47.4. The van der Waals surface area contributed by atoms with Gasteiger partial charge in [0.15, 0.2) is 0 Å². The van der Waals surface area contributed by atoms with E-state index < -0.39 is 23.6 Å². The van der Waals surface area contributed by atoms with Gasteiger partial charge in [-0.3, -0.25) is 29.6 Å². The zero-order valence-corrected chi connectivity index (χ0v) is 30.6. The number of pyridine rings is 2. The fourth-order valence-electron chi connectivity index (χ4n) is 7.07. The van der Waals surface area contributed by atoms with E-state index in [0.29, 0.717) is 36.5 Å². The van der Waals surface area contributed by atoms with Crippen LogP contribution in [0, 0.1) is 6.92 Å². The molecule has 1 atom stereocenters. The van der Waals surface area contributed by atoms with Gasteiger partial charge in [-0.2, -0.15) is 13.2 Å². The third-order valence-corrected chi connectivity index (χ3v) is 9.75. The van der Waals surface area contributed by atoms with Crippen molar-refractivity contribution in [2.45, 2.75) is 77.1 Å². The Bertz CT molecular complexity index is 2030. The van der Waals surface area contributed by atoms with E-state index in [9.17, 15) is 27.6 Å². The molecule has 4 N–H and O–H groups in total. The highest BCUT2D eigenvalue weighted by molar-refractivity contribution is 6.01. The molecule has 6 rings (SSSR count). The van der Waals surface area contributed by atoms with Crippen LogP contribution in [-0.4, -0.2) is 58.8 Å². The fraction of sp³-hybridized carbons (Fsp3) is 0.375. The van der Waals surface area contributed by atoms with Gasteiger partial charge in [-0.1, -0.05) is 12.1 Å². The first-order valence-electron chi connectivity index (χ1n) is 18.0. The number of nitrogens with one attached hydrogen (secondary N) is 4. The average molecular weight is 744 g/mol. The third-order valence-electron chi connectivity index (χ3n) is 9.75. The van der Waals surface area contributed by atoms with Crippen molar-refractivity contribution in [1.29, 1.82) is 0 Å². The van der Waals surface area contributed by atoms with E-state index in [4.69, 9.17) is 4.74 Å². The van der Waals surface area contributed by atoms with Gasteiger partial charge in [-0.15, -0.1) is 0 Å². The van der Waals surface area contributed by atoms with Crippen LogP contribution in [0.5, 0.6) is 5.75 Å². The molecule has 0 saturated carbocycles. The molecule has 3 amide bonds. The number of halogens is 3. The molecule has 11 nitrogen and oxygen atoms in total. The number of benzene rings is 2. The van der Waals surface area contributed by atoms with Gasteiger partial charge < -0.3 is 20.7 Å². The van der Waals surface area contributed by atoms with Crippen molar-refractivity contribution in [1.82, 2.24) is 25.5 Å². The molecule has 1 unspecified atom stereocenters. The van der Waals surface area contributed by atoms with Crippen molar-refractivity contribution in [2.24, 2.45) is 0 Å². The SMILES string of the molecule is CNC(=O)c1ccccc1Nc1cc(Nc2cc(C)c(C3CCN(Cc4ccnc(C5CCC(=O)NC5=O)c4)CC3)cc2OC(C)C)ncc1C(F)(F)F. The van der Waals surface area contributed by atoms with Crippen LogP contribution in [-0.2, 0) is 22.3 Å². The van der Waals surface area contributed by atoms with E-state index in [1.54, 1.807) is 24.4 Å². The first-order chi connectivity index (χ1) is 25.8. The summed E-state index contributed by atoms with van der Waals surface area (Å²) in [5.74, 6) is -0.428. The summed E-state index contributed by atoms with van der Waals surface area (Å²) in [6.07, 6.45) is 0.195. The third kappa shape index (κ3) is 8.99. The number of carbonyl (C=O) groups excluding carboxylic acids is 3. The minimum atomic E-state index is -4.70. The Morgan fingerprint density at radius 3 is 2.44 bits per heavy atom. The number of para-hydroxylation sites is 1. The highest BCUT2D eigenvalue weighted by atomic mass is 19.4. The van der Waals surface area contributed by atoms with Gasteiger partial charge in [0.1, 0.15) is 11.6 Å². The van der Waals surface area contributed by atoms with Crippen molar-refractivity contribution < 1.29 is 32.3 Å². The molecule has 284 valence electrons. The van der Waals surface area contributed by atoms with Gasteiger partial charge >= 0.3 is 6.18 Å². The maximum Gasteiger partial charge on any atom is 0.419 e. The molecule has 14 heteroatoms. The maximum atomic E-state index is 14.1. The van der Waals surface area contributed by atoms with Gasteiger partial charge in [-0.05, 0) is 112 Å². The molecule has 4 heterocycles. The number of ether oxygens (including phenoxy) is 1. The molecular weight excluding hydrogens is 699 g/mol. The molecule has 2 aromatic heterocycles. The monoisotopic (exact) mass is 743 g/mol. The maximum absolute atomic E-state index is 14.1. The van der Waals surface area contributed by atoms with Crippen LogP contribution in [0.1, 0.15) is 89.7 Å². The molecule has 4 aromatic rings. The lowest BCUT2D eigenvalue weighted by molar-refractivity contribution is -0.137. The number of rotatable bonds is 11. The summed E-state index contributed by atoms with van der Waals surface area (Å²) in [5, 5.41) is 10.9. The standard InChI is InChI=1S/C40H44F3N7O4/c1-23(2)54-35-19-29(26-12-15-50(16-13-26)22-25-11-14-45-32(18-25)28-9-10-37(51)49-39(28)53)24(3)17-34(35)48-36-20-33(30(21-46-36)40(41,42)43)47-31-8-6-5-7-27(31)38(52)44-4/h5-8,11,14,17-21,23,26,28H,9-10,12-13,15-16,22H2,1-4H3,(H,44,52)(H2,46,47,48)(H,49,51,53). The predicted molar refractivity (Wildman–Crippen MR) is 199 cm³/mol. The lowest BCUT2D eigenvalue weighted by Gasteiger charge is -2.33. The van der Waals surface area contributed by atoms with Crippen molar-refractivity contribution in [3.8, 4) is 5.75 Å². The first-order valence-corrected chi connectivity index (χ1v) is 18.0. The first kappa shape index (κ1) is 38.2. The topological polar surface area (TPSA) is 138 Å². The summed E-state index contributed by atoms with van der Waals surface area (Å²) >= 11 is 0. The number of piperidine rings is 2. The lowest BCUT2D eigenvalue weighted by Crippen LogP contribution is -2.39. The summed E-state index contributed by atoms with van der Waals surface area (Å²) in [6.45, 7) is 8.27. The Labute approximate surface area is 312 Å². The van der Waals surface area contributed by atoms with Crippen LogP contribution in [0.3, 0.4) is 0 Å². The minimum absolute atomic E-state index is 0.161. The van der Waals surface area contributed by atoms with Crippen LogP contribution in [0.15, 0.2) is 67.0 Å². The quantitative estimate of drug-likeness (QED) is 0.116. The van der Waals surface area contributed by atoms with E-state index in [1.807, 2.05) is 45.0 Å². The number of imide groups is 1. The molecule has 0 spiro atoms. The van der Waals surface area contributed by atoms with Crippen molar-refractivity contribution in [2.75, 3.05) is 30.8 Å². The molecule has 2 saturated heterocycles. The number of alkyl halides is 3. The molecule has 0 bridgehead atoms. The van der Waals surface area contributed by atoms with Gasteiger partial charge in [-0.25, -0.2) is 4.98 Å². The van der Waals surface area contributed by atoms with Crippen molar-refractivity contribution in [3.63, 3.8) is 0 Å². The average Bonchev–Trinajstić information content (AvgIpc) is 3.12. The molecule has 0 aliphatic carbocycles. The molecule has 0 radical (unpaired) electrons. The van der Waals surface area contributed by atoms with E-state index in [2.05, 4.69) is 36.1 Å². The Morgan fingerprint density at radius 2 is 1.74 bits per heavy atom. The Balaban J connectivity index is 1.18. The number of hydrogen-bond donors (Lipinski definition) is 4. The predicted octanol–water partition coefficient (Wildman–Crippen LogP) is 7.34. The van der Waals surface area contributed by atoms with Crippen LogP contribution in [0.2, 0.25) is 0 Å². The number of aryl methyl sites for hydroxylation is 1. The molecule has 2 aromatic carbocycles. The normalized spacial score (nSPS) is 16.9. The summed E-state index contributed by atoms with van der Waals surface area (Å²) in [7, 11) is 1.45. The van der Waals surface area contributed by atoms with Gasteiger partial charge in [0, 0.05) is 38.5 Å². The van der Waals surface area contributed by atoms with Gasteiger partial charge in [0.05, 0.1) is 45.9 Å². The molecule has 54 heavy (non-hydrogen) atoms. The largest absolute Gasteiger partial charge is 0.489 e. The molecular formula is C40H44F3N7O4. The highest BCUT2D eigenvalue weighted by Crippen LogP contribution is 2.41. The van der Waals surface area contributed by atoms with E-state index >= 15 is 0 Å². The number of amides is 3. The Morgan fingerprint density at radius 1 is 0.981 bits per heavy atom.